The third-order valence-corrected chi connectivity index (χ3v) is 3.85. The number of carboxylic acids is 4. The van der Waals surface area contributed by atoms with Gasteiger partial charge in [0.25, 0.3) is 0 Å². The van der Waals surface area contributed by atoms with Crippen LogP contribution in [0, 0.1) is 6.92 Å². The van der Waals surface area contributed by atoms with Crippen molar-refractivity contribution in [3.05, 3.63) is 68.2 Å². The molecule has 0 aliphatic rings. The van der Waals surface area contributed by atoms with E-state index in [4.69, 9.17) is 43.6 Å². The van der Waals surface area contributed by atoms with E-state index in [0.29, 0.717) is 5.56 Å². The van der Waals surface area contributed by atoms with Crippen LogP contribution in [0.5, 0.6) is 0 Å². The Hall–Kier alpha value is -3.10. The van der Waals surface area contributed by atoms with E-state index in [1.807, 2.05) is 0 Å². The Bertz CT molecular complexity index is 897. The first-order valence-corrected chi connectivity index (χ1v) is 7.74. The van der Waals surface area contributed by atoms with Gasteiger partial charge in [-0.25, -0.2) is 19.2 Å². The molecule has 0 heterocycles. The largest absolute Gasteiger partial charge is 0.478 e. The maximum Gasteiger partial charge on any atom is 0.337 e. The van der Waals surface area contributed by atoms with Gasteiger partial charge >= 0.3 is 23.9 Å². The summed E-state index contributed by atoms with van der Waals surface area (Å²) >= 11 is 11.1. The quantitative estimate of drug-likeness (QED) is 0.589. The number of hydrogen-bond donors (Lipinski definition) is 4. The lowest BCUT2D eigenvalue weighted by Crippen LogP contribution is -2.03. The summed E-state index contributed by atoms with van der Waals surface area (Å²) in [5.74, 6) is -4.61. The second kappa shape index (κ2) is 9.02. The van der Waals surface area contributed by atoms with E-state index in [-0.39, 0.29) is 32.3 Å². The normalized spacial score (nSPS) is 9.74. The van der Waals surface area contributed by atoms with Crippen LogP contribution < -0.4 is 0 Å². The number of rotatable bonds is 4. The second-order valence-corrected chi connectivity index (χ2v) is 5.88. The molecule has 0 aliphatic carbocycles. The van der Waals surface area contributed by atoms with E-state index in [2.05, 4.69) is 0 Å². The monoisotopic (exact) mass is 414 g/mol. The first-order chi connectivity index (χ1) is 12.5. The fourth-order valence-electron chi connectivity index (χ4n) is 1.91. The number of aromatic carboxylic acids is 4. The molecule has 27 heavy (non-hydrogen) atoms. The van der Waals surface area contributed by atoms with Crippen molar-refractivity contribution in [2.45, 2.75) is 6.92 Å². The molecule has 0 aromatic heterocycles. The van der Waals surface area contributed by atoms with Crippen molar-refractivity contribution in [1.29, 1.82) is 0 Å². The molecule has 0 spiro atoms. The molecule has 0 amide bonds. The molecular weight excluding hydrogens is 403 g/mol. The van der Waals surface area contributed by atoms with Crippen molar-refractivity contribution in [3.8, 4) is 0 Å². The summed E-state index contributed by atoms with van der Waals surface area (Å²) < 4.78 is 0. The number of aryl methyl sites for hydroxylation is 1. The fraction of sp³-hybridized carbons (Fsp3) is 0.0588. The third-order valence-electron chi connectivity index (χ3n) is 3.22. The molecule has 0 unspecified atom stereocenters. The maximum atomic E-state index is 10.6. The van der Waals surface area contributed by atoms with Crippen molar-refractivity contribution in [2.75, 3.05) is 0 Å². The van der Waals surface area contributed by atoms with E-state index in [0.717, 1.165) is 12.1 Å². The highest BCUT2D eigenvalue weighted by Gasteiger charge is 2.16. The Morgan fingerprint density at radius 3 is 1.37 bits per heavy atom. The minimum absolute atomic E-state index is 0.0995. The molecule has 142 valence electrons. The zero-order valence-electron chi connectivity index (χ0n) is 13.6. The molecule has 2 aromatic carbocycles. The van der Waals surface area contributed by atoms with Crippen molar-refractivity contribution in [1.82, 2.24) is 0 Å². The van der Waals surface area contributed by atoms with Gasteiger partial charge < -0.3 is 20.4 Å². The molecule has 2 aromatic rings. The Morgan fingerprint density at radius 1 is 0.667 bits per heavy atom. The van der Waals surface area contributed by atoms with Gasteiger partial charge in [0.2, 0.25) is 0 Å². The minimum atomic E-state index is -1.26. The zero-order valence-corrected chi connectivity index (χ0v) is 15.1. The third kappa shape index (κ3) is 5.70. The highest BCUT2D eigenvalue weighted by atomic mass is 35.5. The van der Waals surface area contributed by atoms with Crippen molar-refractivity contribution in [2.24, 2.45) is 0 Å². The molecule has 0 aliphatic heterocycles. The standard InChI is InChI=1S/C9H8O4.C8H4Cl2O4/c1-5-4-6(8(10)11)2-3-7(5)9(12)13;9-5-1-3(7(11)12)6(10)2-4(5)8(13)14/h2-4H,1H3,(H,10,11)(H,12,13);1-2H,(H,11,12)(H,13,14). The SMILES string of the molecule is Cc1cc(C(=O)O)ccc1C(=O)O.O=C(O)c1cc(Cl)c(C(=O)O)cc1Cl. The molecular formula is C17H12Cl2O8. The van der Waals surface area contributed by atoms with Gasteiger partial charge in [0.05, 0.1) is 32.3 Å². The summed E-state index contributed by atoms with van der Waals surface area (Å²) in [5, 5.41) is 34.2. The molecule has 2 rings (SSSR count). The summed E-state index contributed by atoms with van der Waals surface area (Å²) in [5.41, 5.74) is 0.239. The van der Waals surface area contributed by atoms with E-state index in [1.165, 1.54) is 18.2 Å². The van der Waals surface area contributed by atoms with Gasteiger partial charge in [-0.2, -0.15) is 0 Å². The number of halogens is 2. The fourth-order valence-corrected chi connectivity index (χ4v) is 2.40. The topological polar surface area (TPSA) is 149 Å². The van der Waals surface area contributed by atoms with Crippen LogP contribution in [0.1, 0.15) is 47.0 Å². The van der Waals surface area contributed by atoms with Crippen LogP contribution >= 0.6 is 23.2 Å². The molecule has 0 fully saturated rings. The van der Waals surface area contributed by atoms with Crippen LogP contribution in [0.2, 0.25) is 10.0 Å². The van der Waals surface area contributed by atoms with Crippen LogP contribution in [0.25, 0.3) is 0 Å². The molecule has 4 N–H and O–H groups in total. The number of benzene rings is 2. The van der Waals surface area contributed by atoms with Gasteiger partial charge in [-0.1, -0.05) is 23.2 Å². The van der Waals surface area contributed by atoms with Gasteiger partial charge in [0.1, 0.15) is 0 Å². The Morgan fingerprint density at radius 2 is 1.07 bits per heavy atom. The van der Waals surface area contributed by atoms with Crippen LogP contribution in [0.4, 0.5) is 0 Å². The lowest BCUT2D eigenvalue weighted by molar-refractivity contribution is 0.0680. The first-order valence-electron chi connectivity index (χ1n) is 6.98. The first kappa shape index (κ1) is 21.9. The summed E-state index contributed by atoms with van der Waals surface area (Å²) in [6, 6.07) is 5.93. The van der Waals surface area contributed by atoms with Gasteiger partial charge in [0.15, 0.2) is 0 Å². The predicted octanol–water partition coefficient (Wildman–Crippen LogP) is 3.78. The van der Waals surface area contributed by atoms with Crippen LogP contribution in [-0.4, -0.2) is 44.3 Å². The lowest BCUT2D eigenvalue weighted by atomic mass is 10.1. The summed E-state index contributed by atoms with van der Waals surface area (Å²) in [7, 11) is 0. The molecule has 0 bridgehead atoms. The minimum Gasteiger partial charge on any atom is -0.478 e. The molecule has 0 radical (unpaired) electrons. The average molecular weight is 415 g/mol. The Kier molecular flexibility index (Phi) is 7.33. The van der Waals surface area contributed by atoms with Gasteiger partial charge in [-0.3, -0.25) is 0 Å². The van der Waals surface area contributed by atoms with Crippen molar-refractivity contribution >= 4 is 47.1 Å². The van der Waals surface area contributed by atoms with Crippen molar-refractivity contribution < 1.29 is 39.6 Å². The summed E-state index contributed by atoms with van der Waals surface area (Å²) in [4.78, 5) is 42.2. The van der Waals surface area contributed by atoms with Crippen molar-refractivity contribution in [3.63, 3.8) is 0 Å². The van der Waals surface area contributed by atoms with E-state index < -0.39 is 23.9 Å². The summed E-state index contributed by atoms with van der Waals surface area (Å²) in [6.45, 7) is 1.57. The zero-order chi connectivity index (χ0) is 20.9. The highest BCUT2D eigenvalue weighted by Crippen LogP contribution is 2.25. The predicted molar refractivity (Wildman–Crippen MR) is 95.5 cm³/mol. The van der Waals surface area contributed by atoms with Crippen LogP contribution in [0.15, 0.2) is 30.3 Å². The van der Waals surface area contributed by atoms with Crippen LogP contribution in [0.3, 0.4) is 0 Å². The lowest BCUT2D eigenvalue weighted by Gasteiger charge is -2.02. The smallest absolute Gasteiger partial charge is 0.337 e. The number of carboxylic acid groups (broad SMARTS) is 4. The summed E-state index contributed by atoms with van der Waals surface area (Å²) in [6.07, 6.45) is 0. The number of hydrogen-bond acceptors (Lipinski definition) is 4. The maximum absolute atomic E-state index is 10.6. The molecule has 0 atom stereocenters. The van der Waals surface area contributed by atoms with E-state index in [9.17, 15) is 19.2 Å². The molecule has 0 saturated heterocycles. The van der Waals surface area contributed by atoms with E-state index >= 15 is 0 Å². The average Bonchev–Trinajstić information content (AvgIpc) is 2.56. The molecule has 0 saturated carbocycles. The van der Waals surface area contributed by atoms with E-state index in [1.54, 1.807) is 6.92 Å². The van der Waals surface area contributed by atoms with Gasteiger partial charge in [-0.05, 0) is 42.8 Å². The highest BCUT2D eigenvalue weighted by molar-refractivity contribution is 6.37. The van der Waals surface area contributed by atoms with Gasteiger partial charge in [0, 0.05) is 0 Å². The second-order valence-electron chi connectivity index (χ2n) is 5.06. The Balaban J connectivity index is 0.000000271. The molecule has 10 heteroatoms. The van der Waals surface area contributed by atoms with Crippen LogP contribution in [-0.2, 0) is 0 Å². The number of carbonyl (C=O) groups is 4. The molecule has 8 nitrogen and oxygen atoms in total. The Labute approximate surface area is 162 Å². The van der Waals surface area contributed by atoms with Gasteiger partial charge in [-0.15, -0.1) is 0 Å².